The fraction of sp³-hybridized carbons (Fsp3) is 0.167. The van der Waals surface area contributed by atoms with E-state index in [-0.39, 0.29) is 6.04 Å². The van der Waals surface area contributed by atoms with E-state index in [0.29, 0.717) is 4.90 Å². The maximum atomic E-state index is 11.4. The summed E-state index contributed by atoms with van der Waals surface area (Å²) in [7, 11) is -3.15. The highest BCUT2D eigenvalue weighted by atomic mass is 32.2. The molecule has 0 saturated heterocycles. The minimum absolute atomic E-state index is 0.112. The van der Waals surface area contributed by atoms with Gasteiger partial charge in [0.1, 0.15) is 0 Å². The minimum Gasteiger partial charge on any atom is -0.271 e. The van der Waals surface area contributed by atoms with Crippen LogP contribution >= 0.6 is 11.3 Å². The molecule has 0 aliphatic heterocycles. The lowest BCUT2D eigenvalue weighted by atomic mass is 10.1. The van der Waals surface area contributed by atoms with Crippen LogP contribution in [-0.4, -0.2) is 14.7 Å². The average molecular weight is 282 g/mol. The van der Waals surface area contributed by atoms with E-state index in [1.54, 1.807) is 35.6 Å². The summed E-state index contributed by atoms with van der Waals surface area (Å²) in [6.45, 7) is 0. The molecule has 3 N–H and O–H groups in total. The Morgan fingerprint density at radius 2 is 1.89 bits per heavy atom. The Kier molecular flexibility index (Phi) is 3.82. The van der Waals surface area contributed by atoms with Gasteiger partial charge in [-0.1, -0.05) is 18.2 Å². The summed E-state index contributed by atoms with van der Waals surface area (Å²) in [6, 6.07) is 10.6. The van der Waals surface area contributed by atoms with E-state index >= 15 is 0 Å². The third-order valence-electron chi connectivity index (χ3n) is 2.64. The number of nitrogens with two attached hydrogens (primary N) is 1. The lowest BCUT2D eigenvalue weighted by Crippen LogP contribution is -2.28. The molecule has 0 radical (unpaired) electrons. The van der Waals surface area contributed by atoms with Gasteiger partial charge < -0.3 is 0 Å². The first-order valence-electron chi connectivity index (χ1n) is 5.32. The third kappa shape index (κ3) is 2.78. The predicted molar refractivity (Wildman–Crippen MR) is 73.0 cm³/mol. The van der Waals surface area contributed by atoms with Crippen LogP contribution in [0.4, 0.5) is 0 Å². The molecule has 6 heteroatoms. The van der Waals surface area contributed by atoms with Gasteiger partial charge in [-0.15, -0.1) is 11.3 Å². The molecule has 1 atom stereocenters. The summed E-state index contributed by atoms with van der Waals surface area (Å²) < 4.78 is 22.7. The zero-order valence-electron chi connectivity index (χ0n) is 9.83. The van der Waals surface area contributed by atoms with Crippen molar-refractivity contribution in [3.63, 3.8) is 0 Å². The second-order valence-corrected chi connectivity index (χ2v) is 6.95. The molecular weight excluding hydrogens is 268 g/mol. The van der Waals surface area contributed by atoms with Crippen LogP contribution in [0.1, 0.15) is 16.5 Å². The van der Waals surface area contributed by atoms with Gasteiger partial charge in [-0.3, -0.25) is 5.84 Å². The van der Waals surface area contributed by atoms with E-state index in [0.717, 1.165) is 10.4 Å². The predicted octanol–water partition coefficient (Wildman–Crippen LogP) is 1.70. The molecule has 1 aromatic heterocycles. The van der Waals surface area contributed by atoms with E-state index in [1.807, 2.05) is 17.5 Å². The molecule has 96 valence electrons. The molecule has 0 saturated carbocycles. The van der Waals surface area contributed by atoms with Crippen molar-refractivity contribution in [2.75, 3.05) is 6.26 Å². The van der Waals surface area contributed by atoms with E-state index in [9.17, 15) is 8.42 Å². The number of rotatable bonds is 4. The van der Waals surface area contributed by atoms with Crippen LogP contribution in [0.25, 0.3) is 0 Å². The quantitative estimate of drug-likeness (QED) is 0.661. The Morgan fingerprint density at radius 3 is 2.33 bits per heavy atom. The Balaban J connectivity index is 2.34. The lowest BCUT2D eigenvalue weighted by Gasteiger charge is -2.14. The van der Waals surface area contributed by atoms with Gasteiger partial charge in [0.15, 0.2) is 9.84 Å². The SMILES string of the molecule is CS(=O)(=O)c1ccc(C(NN)c2cccs2)cc1. The first-order valence-corrected chi connectivity index (χ1v) is 8.09. The number of benzene rings is 1. The molecule has 4 nitrogen and oxygen atoms in total. The third-order valence-corrected chi connectivity index (χ3v) is 4.70. The molecule has 0 amide bonds. The summed E-state index contributed by atoms with van der Waals surface area (Å²) in [5, 5.41) is 1.98. The molecule has 0 aliphatic carbocycles. The second kappa shape index (κ2) is 5.19. The van der Waals surface area contributed by atoms with Gasteiger partial charge in [0.05, 0.1) is 10.9 Å². The van der Waals surface area contributed by atoms with Gasteiger partial charge in [0, 0.05) is 11.1 Å². The highest BCUT2D eigenvalue weighted by Gasteiger charge is 2.14. The van der Waals surface area contributed by atoms with Gasteiger partial charge in [0.2, 0.25) is 0 Å². The zero-order valence-corrected chi connectivity index (χ0v) is 11.5. The van der Waals surface area contributed by atoms with Gasteiger partial charge in [-0.05, 0) is 29.1 Å². The molecule has 2 rings (SSSR count). The first-order chi connectivity index (χ1) is 8.52. The van der Waals surface area contributed by atoms with Crippen LogP contribution in [0.5, 0.6) is 0 Å². The van der Waals surface area contributed by atoms with Gasteiger partial charge >= 0.3 is 0 Å². The standard InChI is InChI=1S/C12H14N2O2S2/c1-18(15,16)10-6-4-9(5-7-10)12(14-13)11-3-2-8-17-11/h2-8,12,14H,13H2,1H3. The smallest absolute Gasteiger partial charge is 0.175 e. The van der Waals surface area contributed by atoms with E-state index < -0.39 is 9.84 Å². The molecule has 0 fully saturated rings. The number of hydrogen-bond donors (Lipinski definition) is 2. The van der Waals surface area contributed by atoms with Gasteiger partial charge in [-0.25, -0.2) is 13.8 Å². The zero-order chi connectivity index (χ0) is 13.2. The van der Waals surface area contributed by atoms with Gasteiger partial charge in [0.25, 0.3) is 0 Å². The van der Waals surface area contributed by atoms with Crippen LogP contribution in [0.2, 0.25) is 0 Å². The summed E-state index contributed by atoms with van der Waals surface area (Å²) in [4.78, 5) is 1.40. The molecule has 2 aromatic rings. The molecule has 1 heterocycles. The highest BCUT2D eigenvalue weighted by Crippen LogP contribution is 2.26. The second-order valence-electron chi connectivity index (χ2n) is 3.96. The van der Waals surface area contributed by atoms with Crippen molar-refractivity contribution < 1.29 is 8.42 Å². The molecule has 1 aromatic carbocycles. The van der Waals surface area contributed by atoms with Crippen molar-refractivity contribution in [1.82, 2.24) is 5.43 Å². The normalized spacial score (nSPS) is 13.4. The Hall–Kier alpha value is -1.21. The van der Waals surface area contributed by atoms with Crippen LogP contribution < -0.4 is 11.3 Å². The largest absolute Gasteiger partial charge is 0.271 e. The summed E-state index contributed by atoms with van der Waals surface area (Å²) >= 11 is 1.60. The molecule has 18 heavy (non-hydrogen) atoms. The highest BCUT2D eigenvalue weighted by molar-refractivity contribution is 7.90. The monoisotopic (exact) mass is 282 g/mol. The van der Waals surface area contributed by atoms with Crippen LogP contribution in [0.3, 0.4) is 0 Å². The summed E-state index contributed by atoms with van der Waals surface area (Å²) in [6.07, 6.45) is 1.19. The van der Waals surface area contributed by atoms with Crippen molar-refractivity contribution in [1.29, 1.82) is 0 Å². The number of nitrogens with one attached hydrogen (secondary N) is 1. The number of hydrogen-bond acceptors (Lipinski definition) is 5. The number of sulfone groups is 1. The van der Waals surface area contributed by atoms with E-state index in [4.69, 9.17) is 5.84 Å². The summed E-state index contributed by atoms with van der Waals surface area (Å²) in [5.74, 6) is 5.56. The first kappa shape index (κ1) is 13.2. The Bertz CT molecular complexity index is 604. The number of hydrazine groups is 1. The molecular formula is C12H14N2O2S2. The minimum atomic E-state index is -3.15. The van der Waals surface area contributed by atoms with Crippen molar-refractivity contribution in [3.8, 4) is 0 Å². The number of thiophene rings is 1. The molecule has 0 aliphatic rings. The van der Waals surface area contributed by atoms with Crippen molar-refractivity contribution in [3.05, 3.63) is 52.2 Å². The molecule has 0 bridgehead atoms. The maximum absolute atomic E-state index is 11.4. The van der Waals surface area contributed by atoms with E-state index in [2.05, 4.69) is 5.43 Å². The average Bonchev–Trinajstić information content (AvgIpc) is 2.83. The van der Waals surface area contributed by atoms with E-state index in [1.165, 1.54) is 6.26 Å². The van der Waals surface area contributed by atoms with Crippen molar-refractivity contribution in [2.24, 2.45) is 5.84 Å². The lowest BCUT2D eigenvalue weighted by molar-refractivity contribution is 0.601. The fourth-order valence-electron chi connectivity index (χ4n) is 1.71. The van der Waals surface area contributed by atoms with Crippen LogP contribution in [-0.2, 0) is 9.84 Å². The van der Waals surface area contributed by atoms with Gasteiger partial charge in [-0.2, -0.15) is 0 Å². The molecule has 0 spiro atoms. The summed E-state index contributed by atoms with van der Waals surface area (Å²) in [5.41, 5.74) is 3.68. The van der Waals surface area contributed by atoms with Crippen LogP contribution in [0.15, 0.2) is 46.7 Å². The Morgan fingerprint density at radius 1 is 1.22 bits per heavy atom. The van der Waals surface area contributed by atoms with Crippen molar-refractivity contribution in [2.45, 2.75) is 10.9 Å². The topological polar surface area (TPSA) is 72.2 Å². The van der Waals surface area contributed by atoms with Crippen LogP contribution in [0, 0.1) is 0 Å². The maximum Gasteiger partial charge on any atom is 0.175 e. The van der Waals surface area contributed by atoms with Crippen molar-refractivity contribution >= 4 is 21.2 Å². The Labute approximate surface area is 110 Å². The fourth-order valence-corrected chi connectivity index (χ4v) is 3.15. The molecule has 1 unspecified atom stereocenters.